The number of piperazine rings is 1. The number of benzene rings is 4. The smallest absolute Gasteiger partial charge is 0.473 e. The van der Waals surface area contributed by atoms with E-state index in [0.29, 0.717) is 23.6 Å². The molecule has 1 aromatic heterocycles. The van der Waals surface area contributed by atoms with Crippen LogP contribution in [0.15, 0.2) is 103 Å². The van der Waals surface area contributed by atoms with Crippen LogP contribution in [0.5, 0.6) is 11.8 Å². The van der Waals surface area contributed by atoms with Crippen LogP contribution in [0.3, 0.4) is 0 Å². The number of nitrogens with zero attached hydrogens (tertiary/aromatic N) is 4. The summed E-state index contributed by atoms with van der Waals surface area (Å²) in [6, 6.07) is 29.1. The highest BCUT2D eigenvalue weighted by molar-refractivity contribution is 6.62. The first-order valence-corrected chi connectivity index (χ1v) is 20.3. The van der Waals surface area contributed by atoms with Crippen LogP contribution < -0.4 is 24.7 Å². The topological polar surface area (TPSA) is 59.5 Å². The van der Waals surface area contributed by atoms with Crippen LogP contribution in [0.2, 0.25) is 0 Å². The molecule has 8 nitrogen and oxygen atoms in total. The van der Waals surface area contributed by atoms with Gasteiger partial charge >= 0.3 is 7.12 Å². The van der Waals surface area contributed by atoms with Gasteiger partial charge in [0.2, 0.25) is 11.8 Å². The van der Waals surface area contributed by atoms with Crippen molar-refractivity contribution in [3.8, 4) is 22.9 Å². The van der Waals surface area contributed by atoms with Gasteiger partial charge in [-0.25, -0.2) is 22.0 Å². The van der Waals surface area contributed by atoms with Crippen molar-refractivity contribution in [3.05, 3.63) is 132 Å². The van der Waals surface area contributed by atoms with Crippen LogP contribution in [0.25, 0.3) is 11.1 Å². The Morgan fingerprint density at radius 3 is 1.92 bits per heavy atom. The molecule has 0 unspecified atom stereocenters. The molecule has 0 aliphatic carbocycles. The third-order valence-electron chi connectivity index (χ3n) is 12.1. The minimum Gasteiger partial charge on any atom is -0.473 e. The molecule has 0 bridgehead atoms. The fourth-order valence-corrected chi connectivity index (χ4v) is 8.03. The Labute approximate surface area is 348 Å². The van der Waals surface area contributed by atoms with Crippen LogP contribution in [-0.2, 0) is 22.5 Å². The van der Waals surface area contributed by atoms with E-state index in [4.69, 9.17) is 18.8 Å². The van der Waals surface area contributed by atoms with Gasteiger partial charge in [0.1, 0.15) is 19.0 Å². The average Bonchev–Trinajstić information content (AvgIpc) is 3.46. The summed E-state index contributed by atoms with van der Waals surface area (Å²) in [5.41, 5.74) is 1.55. The molecular formula is C46H48BF5N4O4. The predicted octanol–water partition coefficient (Wildman–Crippen LogP) is 8.66. The normalized spacial score (nSPS) is 20.0. The molecule has 5 aromatic rings. The van der Waals surface area contributed by atoms with Crippen LogP contribution >= 0.6 is 0 Å². The van der Waals surface area contributed by atoms with Crippen molar-refractivity contribution in [2.24, 2.45) is 0 Å². The van der Waals surface area contributed by atoms with Gasteiger partial charge in [0, 0.05) is 49.8 Å². The van der Waals surface area contributed by atoms with Crippen LogP contribution in [0.4, 0.5) is 33.3 Å². The van der Waals surface area contributed by atoms with Gasteiger partial charge in [-0.2, -0.15) is 4.98 Å². The highest BCUT2D eigenvalue weighted by atomic mass is 19.3. The molecule has 8 rings (SSSR count). The molecule has 0 amide bonds. The minimum atomic E-state index is -3.18. The second kappa shape index (κ2) is 16.7. The summed E-state index contributed by atoms with van der Waals surface area (Å²) in [5, 5.41) is 0. The van der Waals surface area contributed by atoms with Gasteiger partial charge in [-0.05, 0) is 75.1 Å². The van der Waals surface area contributed by atoms with E-state index in [1.165, 1.54) is 29.2 Å². The van der Waals surface area contributed by atoms with Gasteiger partial charge in [-0.3, -0.25) is 4.90 Å². The molecule has 3 fully saturated rings. The Hall–Kier alpha value is -5.18. The largest absolute Gasteiger partial charge is 0.497 e. The van der Waals surface area contributed by atoms with Crippen LogP contribution in [-0.4, -0.2) is 79.4 Å². The molecule has 3 saturated heterocycles. The minimum absolute atomic E-state index is 0.0282. The SMILES string of the molecule is CC1(C)OB(c2ccc(N3CCN([C@@H]4CCN(c5ccc(-c6ccc(OCc7ccccc7)nc6OCc6ccccc6)cc5F)CC4(F)F)CC3)c(F)c2F)OC1(C)C. The number of anilines is 2. The predicted molar refractivity (Wildman–Crippen MR) is 223 cm³/mol. The van der Waals surface area contributed by atoms with Gasteiger partial charge < -0.3 is 28.6 Å². The Morgan fingerprint density at radius 2 is 1.30 bits per heavy atom. The maximum absolute atomic E-state index is 16.0. The summed E-state index contributed by atoms with van der Waals surface area (Å²) >= 11 is 0. The highest BCUT2D eigenvalue weighted by Crippen LogP contribution is 2.40. The van der Waals surface area contributed by atoms with Crippen molar-refractivity contribution in [2.45, 2.75) is 70.5 Å². The maximum atomic E-state index is 16.0. The maximum Gasteiger partial charge on any atom is 0.497 e. The molecule has 14 heteroatoms. The molecule has 0 saturated carbocycles. The number of pyridine rings is 1. The lowest BCUT2D eigenvalue weighted by molar-refractivity contribution is -0.0892. The van der Waals surface area contributed by atoms with Crippen molar-refractivity contribution in [3.63, 3.8) is 0 Å². The van der Waals surface area contributed by atoms with E-state index in [1.54, 1.807) is 28.0 Å². The molecule has 4 aromatic carbocycles. The summed E-state index contributed by atoms with van der Waals surface area (Å²) in [5.74, 6) is -5.32. The summed E-state index contributed by atoms with van der Waals surface area (Å²) in [4.78, 5) is 9.39. The number of ether oxygens (including phenoxy) is 2. The molecule has 60 heavy (non-hydrogen) atoms. The van der Waals surface area contributed by atoms with Crippen molar-refractivity contribution in [1.29, 1.82) is 0 Å². The van der Waals surface area contributed by atoms with Gasteiger partial charge in [0.25, 0.3) is 5.92 Å². The molecular weight excluding hydrogens is 778 g/mol. The van der Waals surface area contributed by atoms with Crippen LogP contribution in [0.1, 0.15) is 45.2 Å². The number of aromatic nitrogens is 1. The number of hydrogen-bond donors (Lipinski definition) is 0. The van der Waals surface area contributed by atoms with E-state index in [9.17, 15) is 0 Å². The standard InChI is InChI=1S/C46H48BF5N4O4/c1-44(2)45(3,4)60-47(59-44)35-17-19-38(42(50)41(35)49)54-23-25-55(26-24-54)39-21-22-56(30-46(39,51)52)37-18-15-33(27-36(37)48)34-16-20-40(57-28-31-11-7-5-8-12-31)53-43(34)58-29-32-13-9-6-10-14-32/h5-20,27,39H,21-26,28-30H2,1-4H3/t39-/m1/s1. The van der Waals surface area contributed by atoms with Crippen molar-refractivity contribution in [1.82, 2.24) is 9.88 Å². The zero-order valence-electron chi connectivity index (χ0n) is 34.1. The highest BCUT2D eigenvalue weighted by Gasteiger charge is 2.53. The first-order chi connectivity index (χ1) is 28.7. The summed E-state index contributed by atoms with van der Waals surface area (Å²) < 4.78 is 103. The monoisotopic (exact) mass is 826 g/mol. The fraction of sp³-hybridized carbons (Fsp3) is 0.370. The lowest BCUT2D eigenvalue weighted by atomic mass is 9.78. The number of halogens is 5. The van der Waals surface area contributed by atoms with E-state index in [0.717, 1.165) is 11.1 Å². The Kier molecular flexibility index (Phi) is 11.6. The van der Waals surface area contributed by atoms with Gasteiger partial charge in [-0.1, -0.05) is 72.8 Å². The van der Waals surface area contributed by atoms with Gasteiger partial charge in [0.15, 0.2) is 11.6 Å². The van der Waals surface area contributed by atoms with E-state index < -0.39 is 54.3 Å². The number of piperidine rings is 1. The first-order valence-electron chi connectivity index (χ1n) is 20.3. The molecule has 0 radical (unpaired) electrons. The molecule has 1 atom stereocenters. The zero-order chi connectivity index (χ0) is 42.2. The van der Waals surface area contributed by atoms with Crippen molar-refractivity contribution >= 4 is 24.0 Å². The first kappa shape index (κ1) is 41.6. The third kappa shape index (κ3) is 8.55. The summed E-state index contributed by atoms with van der Waals surface area (Å²) in [7, 11) is -1.06. The Morgan fingerprint density at radius 1 is 0.683 bits per heavy atom. The number of rotatable bonds is 11. The lowest BCUT2D eigenvalue weighted by Gasteiger charge is -2.47. The summed E-state index contributed by atoms with van der Waals surface area (Å²) in [6.45, 7) is 8.29. The lowest BCUT2D eigenvalue weighted by Crippen LogP contribution is -2.62. The van der Waals surface area contributed by atoms with Crippen molar-refractivity contribution < 1.29 is 40.7 Å². The third-order valence-corrected chi connectivity index (χ3v) is 12.1. The number of hydrogen-bond acceptors (Lipinski definition) is 8. The van der Waals surface area contributed by atoms with Gasteiger partial charge in [0.05, 0.1) is 35.2 Å². The van der Waals surface area contributed by atoms with E-state index >= 15 is 22.0 Å². The quantitative estimate of drug-likeness (QED) is 0.0970. The van der Waals surface area contributed by atoms with E-state index in [1.807, 2.05) is 88.4 Å². The second-order valence-electron chi connectivity index (χ2n) is 16.6. The van der Waals surface area contributed by atoms with E-state index in [-0.39, 0.29) is 68.5 Å². The van der Waals surface area contributed by atoms with Crippen molar-refractivity contribution in [2.75, 3.05) is 49.1 Å². The molecule has 0 N–H and O–H groups in total. The molecule has 3 aliphatic heterocycles. The van der Waals surface area contributed by atoms with Crippen LogP contribution in [0, 0.1) is 17.5 Å². The zero-order valence-corrected chi connectivity index (χ0v) is 34.1. The molecule has 314 valence electrons. The molecule has 4 heterocycles. The fourth-order valence-electron chi connectivity index (χ4n) is 8.03. The van der Waals surface area contributed by atoms with E-state index in [2.05, 4.69) is 4.98 Å². The molecule has 3 aliphatic rings. The number of alkyl halides is 2. The Bertz CT molecular complexity index is 2280. The average molecular weight is 827 g/mol. The Balaban J connectivity index is 0.918. The summed E-state index contributed by atoms with van der Waals surface area (Å²) in [6.07, 6.45) is 0.0891. The molecule has 0 spiro atoms. The van der Waals surface area contributed by atoms with Gasteiger partial charge in [-0.15, -0.1) is 0 Å². The second-order valence-corrected chi connectivity index (χ2v) is 16.6.